The van der Waals surface area contributed by atoms with E-state index < -0.39 is 6.04 Å². The van der Waals surface area contributed by atoms with Crippen molar-refractivity contribution in [2.75, 3.05) is 23.0 Å². The van der Waals surface area contributed by atoms with Gasteiger partial charge >= 0.3 is 0 Å². The maximum Gasteiger partial charge on any atom is 0.255 e. The molecular formula is C26H31N5O2S. The van der Waals surface area contributed by atoms with E-state index in [0.717, 1.165) is 34.9 Å². The predicted molar refractivity (Wildman–Crippen MR) is 137 cm³/mol. The van der Waals surface area contributed by atoms with Crippen molar-refractivity contribution in [1.29, 1.82) is 0 Å². The number of ether oxygens (including phenoxy) is 1. The second kappa shape index (κ2) is 10.8. The Hall–Kier alpha value is -3.26. The summed E-state index contributed by atoms with van der Waals surface area (Å²) in [6, 6.07) is 17.0. The van der Waals surface area contributed by atoms with Gasteiger partial charge in [0.1, 0.15) is 11.8 Å². The van der Waals surface area contributed by atoms with E-state index in [1.54, 1.807) is 16.4 Å². The molecule has 0 bridgehead atoms. The van der Waals surface area contributed by atoms with Gasteiger partial charge in [-0.15, -0.1) is 5.10 Å². The van der Waals surface area contributed by atoms with Gasteiger partial charge in [-0.1, -0.05) is 62.9 Å². The highest BCUT2D eigenvalue weighted by Gasteiger charge is 2.34. The van der Waals surface area contributed by atoms with Crippen LogP contribution in [0.3, 0.4) is 0 Å². The molecule has 34 heavy (non-hydrogen) atoms. The van der Waals surface area contributed by atoms with Crippen LogP contribution in [-0.4, -0.2) is 33.0 Å². The Balaban J connectivity index is 1.67. The lowest BCUT2D eigenvalue weighted by Gasteiger charge is -2.28. The van der Waals surface area contributed by atoms with E-state index in [1.807, 2.05) is 61.5 Å². The fourth-order valence-corrected chi connectivity index (χ4v) is 4.36. The van der Waals surface area contributed by atoms with Crippen molar-refractivity contribution in [1.82, 2.24) is 14.8 Å². The van der Waals surface area contributed by atoms with Crippen LogP contribution in [0.2, 0.25) is 0 Å². The van der Waals surface area contributed by atoms with Crippen molar-refractivity contribution in [3.05, 3.63) is 71.4 Å². The number of amides is 1. The highest BCUT2D eigenvalue weighted by atomic mass is 32.2. The molecule has 2 aromatic carbocycles. The highest BCUT2D eigenvalue weighted by Crippen LogP contribution is 2.37. The number of para-hydroxylation sites is 1. The molecule has 7 nitrogen and oxygen atoms in total. The first-order valence-corrected chi connectivity index (χ1v) is 12.6. The molecular weight excluding hydrogens is 446 g/mol. The number of fused-ring (bicyclic) bond motifs is 1. The Bertz CT molecular complexity index is 1160. The van der Waals surface area contributed by atoms with Crippen molar-refractivity contribution in [3.63, 3.8) is 0 Å². The summed E-state index contributed by atoms with van der Waals surface area (Å²) in [4.78, 5) is 18.1. The Kier molecular flexibility index (Phi) is 7.57. The molecule has 4 rings (SSSR count). The molecule has 0 saturated carbocycles. The Morgan fingerprint density at radius 3 is 2.59 bits per heavy atom. The molecule has 8 heteroatoms. The third-order valence-corrected chi connectivity index (χ3v) is 6.26. The number of benzene rings is 2. The fourth-order valence-electron chi connectivity index (χ4n) is 3.80. The van der Waals surface area contributed by atoms with Crippen LogP contribution in [0.4, 0.5) is 11.6 Å². The van der Waals surface area contributed by atoms with Crippen LogP contribution in [0, 0.1) is 5.92 Å². The van der Waals surface area contributed by atoms with E-state index in [-0.39, 0.29) is 5.91 Å². The summed E-state index contributed by atoms with van der Waals surface area (Å²) in [6.45, 7) is 9.01. The number of hydrogen-bond acceptors (Lipinski definition) is 6. The summed E-state index contributed by atoms with van der Waals surface area (Å²) < 4.78 is 7.70. The van der Waals surface area contributed by atoms with E-state index in [2.05, 4.69) is 36.4 Å². The number of carbonyl (C=O) groups is 1. The lowest BCUT2D eigenvalue weighted by molar-refractivity contribution is -0.113. The SMILES string of the molecule is CCSc1nc2n(n1)C(c1ccc(OCCC(C)C)cc1)C(C(=O)Nc1ccccc1)=C(C)N2. The second-order valence-electron chi connectivity index (χ2n) is 8.58. The molecule has 0 spiro atoms. The second-order valence-corrected chi connectivity index (χ2v) is 9.81. The predicted octanol–water partition coefficient (Wildman–Crippen LogP) is 5.74. The van der Waals surface area contributed by atoms with Crippen LogP contribution in [-0.2, 0) is 4.79 Å². The average molecular weight is 478 g/mol. The minimum atomic E-state index is -0.414. The molecule has 2 heterocycles. The standard InChI is InChI=1S/C26H31N5O2S/c1-5-34-26-29-25-27-18(4)22(24(32)28-20-9-7-6-8-10-20)23(31(25)30-26)19-11-13-21(14-12-19)33-16-15-17(2)3/h6-14,17,23H,5,15-16H2,1-4H3,(H,28,32)(H,27,29,30). The Morgan fingerprint density at radius 2 is 1.91 bits per heavy atom. The Labute approximate surface area is 205 Å². The molecule has 1 amide bonds. The zero-order valence-corrected chi connectivity index (χ0v) is 20.9. The van der Waals surface area contributed by atoms with Gasteiger partial charge in [0, 0.05) is 11.4 Å². The van der Waals surface area contributed by atoms with E-state index in [1.165, 1.54) is 0 Å². The molecule has 1 aromatic heterocycles. The molecule has 0 saturated heterocycles. The highest BCUT2D eigenvalue weighted by molar-refractivity contribution is 7.99. The van der Waals surface area contributed by atoms with Gasteiger partial charge in [-0.05, 0) is 54.8 Å². The van der Waals surface area contributed by atoms with Gasteiger partial charge in [0.25, 0.3) is 5.91 Å². The van der Waals surface area contributed by atoms with Crippen LogP contribution in [0.15, 0.2) is 71.0 Å². The van der Waals surface area contributed by atoms with Crippen molar-refractivity contribution in [3.8, 4) is 5.75 Å². The number of aromatic nitrogens is 3. The monoisotopic (exact) mass is 477 g/mol. The van der Waals surface area contributed by atoms with Crippen LogP contribution in [0.5, 0.6) is 5.75 Å². The minimum absolute atomic E-state index is 0.177. The van der Waals surface area contributed by atoms with Crippen molar-refractivity contribution in [2.24, 2.45) is 5.92 Å². The van der Waals surface area contributed by atoms with Gasteiger partial charge in [0.2, 0.25) is 11.1 Å². The third-order valence-electron chi connectivity index (χ3n) is 5.54. The summed E-state index contributed by atoms with van der Waals surface area (Å²) in [5, 5.41) is 11.7. The van der Waals surface area contributed by atoms with Gasteiger partial charge in [0.15, 0.2) is 0 Å². The van der Waals surface area contributed by atoms with Crippen LogP contribution < -0.4 is 15.4 Å². The van der Waals surface area contributed by atoms with Gasteiger partial charge in [-0.3, -0.25) is 4.79 Å². The van der Waals surface area contributed by atoms with Gasteiger partial charge < -0.3 is 15.4 Å². The quantitative estimate of drug-likeness (QED) is 0.382. The topological polar surface area (TPSA) is 81.1 Å². The van der Waals surface area contributed by atoms with Crippen LogP contribution in [0.25, 0.3) is 0 Å². The largest absolute Gasteiger partial charge is 0.494 e. The van der Waals surface area contributed by atoms with Gasteiger partial charge in [-0.2, -0.15) is 4.98 Å². The smallest absolute Gasteiger partial charge is 0.255 e. The molecule has 0 aliphatic carbocycles. The van der Waals surface area contributed by atoms with Crippen molar-refractivity contribution in [2.45, 2.75) is 45.3 Å². The number of anilines is 2. The molecule has 1 aliphatic rings. The zero-order chi connectivity index (χ0) is 24.1. The van der Waals surface area contributed by atoms with Crippen LogP contribution >= 0.6 is 11.8 Å². The van der Waals surface area contributed by atoms with Gasteiger partial charge in [0.05, 0.1) is 12.2 Å². The third kappa shape index (κ3) is 5.44. The number of nitrogens with zero attached hydrogens (tertiary/aromatic N) is 3. The number of allylic oxidation sites excluding steroid dienone is 1. The van der Waals surface area contributed by atoms with E-state index in [4.69, 9.17) is 9.84 Å². The lowest BCUT2D eigenvalue weighted by Crippen LogP contribution is -2.31. The molecule has 1 aliphatic heterocycles. The molecule has 2 N–H and O–H groups in total. The minimum Gasteiger partial charge on any atom is -0.494 e. The number of thioether (sulfide) groups is 1. The summed E-state index contributed by atoms with van der Waals surface area (Å²) in [5.74, 6) is 2.73. The summed E-state index contributed by atoms with van der Waals surface area (Å²) in [6.07, 6.45) is 1.00. The molecule has 1 atom stereocenters. The first-order valence-electron chi connectivity index (χ1n) is 11.6. The normalized spacial score (nSPS) is 15.1. The lowest BCUT2D eigenvalue weighted by atomic mass is 9.95. The molecule has 0 fully saturated rings. The number of nitrogens with one attached hydrogen (secondary N) is 2. The van der Waals surface area contributed by atoms with E-state index in [0.29, 0.717) is 29.2 Å². The summed E-state index contributed by atoms with van der Waals surface area (Å²) >= 11 is 1.57. The number of carbonyl (C=O) groups excluding carboxylic acids is 1. The molecule has 178 valence electrons. The molecule has 3 aromatic rings. The fraction of sp³-hybridized carbons (Fsp3) is 0.346. The first kappa shape index (κ1) is 23.9. The van der Waals surface area contributed by atoms with E-state index in [9.17, 15) is 4.79 Å². The van der Waals surface area contributed by atoms with Gasteiger partial charge in [-0.25, -0.2) is 4.68 Å². The maximum atomic E-state index is 13.5. The molecule has 1 unspecified atom stereocenters. The first-order chi connectivity index (χ1) is 16.5. The number of rotatable bonds is 9. The number of hydrogen-bond donors (Lipinski definition) is 2. The van der Waals surface area contributed by atoms with Crippen molar-refractivity contribution >= 4 is 29.3 Å². The zero-order valence-electron chi connectivity index (χ0n) is 20.0. The maximum absolute atomic E-state index is 13.5. The summed E-state index contributed by atoms with van der Waals surface area (Å²) in [5.41, 5.74) is 3.04. The van der Waals surface area contributed by atoms with E-state index >= 15 is 0 Å². The van der Waals surface area contributed by atoms with Crippen LogP contribution in [0.1, 0.15) is 45.7 Å². The summed E-state index contributed by atoms with van der Waals surface area (Å²) in [7, 11) is 0. The molecule has 0 radical (unpaired) electrons. The van der Waals surface area contributed by atoms with Crippen molar-refractivity contribution < 1.29 is 9.53 Å². The Morgan fingerprint density at radius 1 is 1.18 bits per heavy atom. The average Bonchev–Trinajstić information content (AvgIpc) is 3.21.